The van der Waals surface area contributed by atoms with E-state index in [1.54, 1.807) is 30.3 Å². The van der Waals surface area contributed by atoms with Crippen LogP contribution in [-0.4, -0.2) is 38.7 Å². The number of aliphatic hydroxyl groups is 1. The summed E-state index contributed by atoms with van der Waals surface area (Å²) in [4.78, 5) is 12.5. The van der Waals surface area contributed by atoms with Crippen molar-refractivity contribution in [2.24, 2.45) is 5.10 Å². The van der Waals surface area contributed by atoms with Crippen LogP contribution in [0.25, 0.3) is 0 Å². The Morgan fingerprint density at radius 3 is 2.24 bits per heavy atom. The number of nitrogens with zero attached hydrogens (tertiary/aromatic N) is 2. The van der Waals surface area contributed by atoms with Crippen molar-refractivity contribution in [2.75, 3.05) is 0 Å². The van der Waals surface area contributed by atoms with Gasteiger partial charge in [0.2, 0.25) is 0 Å². The zero-order chi connectivity index (χ0) is 18.2. The van der Waals surface area contributed by atoms with E-state index in [4.69, 9.17) is 0 Å². The fourth-order valence-electron chi connectivity index (χ4n) is 2.50. The summed E-state index contributed by atoms with van der Waals surface area (Å²) in [5.41, 5.74) is -3.25. The number of alkyl halides is 3. The second kappa shape index (κ2) is 5.89. The molecule has 2 N–H and O–H groups in total. The number of halogens is 3. The van der Waals surface area contributed by atoms with Gasteiger partial charge in [-0.15, -0.1) is 0 Å². The summed E-state index contributed by atoms with van der Waals surface area (Å²) in [5.74, 6) is -1.26. The molecule has 0 fully saturated rings. The van der Waals surface area contributed by atoms with Crippen LogP contribution in [0.4, 0.5) is 13.2 Å². The van der Waals surface area contributed by atoms with Gasteiger partial charge in [0, 0.05) is 5.56 Å². The Morgan fingerprint density at radius 2 is 1.68 bits per heavy atom. The van der Waals surface area contributed by atoms with Crippen molar-refractivity contribution in [1.82, 2.24) is 5.01 Å². The molecule has 1 aliphatic heterocycles. The number of hydrogen-bond acceptors (Lipinski definition) is 4. The summed E-state index contributed by atoms with van der Waals surface area (Å²) in [6.07, 6.45) is -5.97. The summed E-state index contributed by atoms with van der Waals surface area (Å²) in [5, 5.41) is 23.3. The standard InChI is InChI=1S/C17H13F3N2O3/c18-17(19,20)16(25)10-14(11-4-2-1-3-5-11)21-22(16)15(24)12-6-8-13(23)9-7-12/h1-9,23,25H,10H2/t16-/m0/s1. The first-order chi connectivity index (χ1) is 11.7. The minimum Gasteiger partial charge on any atom is -0.508 e. The van der Waals surface area contributed by atoms with E-state index in [-0.39, 0.29) is 22.0 Å². The van der Waals surface area contributed by atoms with Crippen LogP contribution >= 0.6 is 0 Å². The van der Waals surface area contributed by atoms with E-state index in [1.807, 2.05) is 0 Å². The van der Waals surface area contributed by atoms with Crippen molar-refractivity contribution in [3.05, 3.63) is 65.7 Å². The number of phenols is 1. The molecule has 0 bridgehead atoms. The van der Waals surface area contributed by atoms with Gasteiger partial charge in [-0.3, -0.25) is 4.79 Å². The number of benzene rings is 2. The van der Waals surface area contributed by atoms with Gasteiger partial charge in [0.05, 0.1) is 12.1 Å². The van der Waals surface area contributed by atoms with Gasteiger partial charge in [-0.1, -0.05) is 30.3 Å². The maximum atomic E-state index is 13.5. The lowest BCUT2D eigenvalue weighted by Crippen LogP contribution is -2.56. The first-order valence-electron chi connectivity index (χ1n) is 7.28. The van der Waals surface area contributed by atoms with Crippen molar-refractivity contribution in [3.63, 3.8) is 0 Å². The zero-order valence-corrected chi connectivity index (χ0v) is 12.7. The summed E-state index contributed by atoms with van der Waals surface area (Å²) in [6.45, 7) is 0. The molecule has 8 heteroatoms. The quantitative estimate of drug-likeness (QED) is 0.875. The molecule has 0 unspecified atom stereocenters. The molecule has 2 aromatic carbocycles. The van der Waals surface area contributed by atoms with Gasteiger partial charge in [-0.05, 0) is 29.8 Å². The van der Waals surface area contributed by atoms with Crippen molar-refractivity contribution >= 4 is 11.6 Å². The van der Waals surface area contributed by atoms with Crippen LogP contribution in [0, 0.1) is 0 Å². The van der Waals surface area contributed by atoms with Crippen LogP contribution in [0.15, 0.2) is 59.7 Å². The normalized spacial score (nSPS) is 20.5. The molecule has 0 radical (unpaired) electrons. The Bertz CT molecular complexity index is 819. The van der Waals surface area contributed by atoms with Crippen molar-refractivity contribution in [1.29, 1.82) is 0 Å². The Morgan fingerprint density at radius 1 is 1.08 bits per heavy atom. The van der Waals surface area contributed by atoms with E-state index < -0.39 is 24.2 Å². The predicted octanol–water partition coefficient (Wildman–Crippen LogP) is 2.89. The third-order valence-electron chi connectivity index (χ3n) is 3.85. The lowest BCUT2D eigenvalue weighted by atomic mass is 10.0. The highest BCUT2D eigenvalue weighted by Gasteiger charge is 2.63. The highest BCUT2D eigenvalue weighted by atomic mass is 19.4. The molecular formula is C17H13F3N2O3. The minimum absolute atomic E-state index is 0.0486. The average molecular weight is 350 g/mol. The molecule has 1 atom stereocenters. The van der Waals surface area contributed by atoms with Gasteiger partial charge in [-0.2, -0.15) is 23.3 Å². The lowest BCUT2D eigenvalue weighted by molar-refractivity contribution is -0.297. The molecule has 0 aliphatic carbocycles. The maximum Gasteiger partial charge on any atom is 0.438 e. The molecule has 5 nitrogen and oxygen atoms in total. The van der Waals surface area contributed by atoms with Gasteiger partial charge in [-0.25, -0.2) is 0 Å². The largest absolute Gasteiger partial charge is 0.508 e. The Labute approximate surface area is 140 Å². The molecule has 2 aromatic rings. The number of carbonyl (C=O) groups excluding carboxylic acids is 1. The summed E-state index contributed by atoms with van der Waals surface area (Å²) in [7, 11) is 0. The highest BCUT2D eigenvalue weighted by Crippen LogP contribution is 2.42. The third-order valence-corrected chi connectivity index (χ3v) is 3.85. The molecule has 0 saturated carbocycles. The monoisotopic (exact) mass is 350 g/mol. The van der Waals surface area contributed by atoms with Crippen molar-refractivity contribution in [3.8, 4) is 5.75 Å². The number of aromatic hydroxyl groups is 1. The van der Waals surface area contributed by atoms with Crippen molar-refractivity contribution in [2.45, 2.75) is 18.3 Å². The minimum atomic E-state index is -5.10. The number of carbonyl (C=O) groups is 1. The molecule has 1 aliphatic rings. The highest BCUT2D eigenvalue weighted by molar-refractivity contribution is 6.05. The number of hydrogen-bond donors (Lipinski definition) is 2. The third kappa shape index (κ3) is 2.96. The second-order valence-electron chi connectivity index (χ2n) is 5.57. The van der Waals surface area contributed by atoms with Crippen LogP contribution in [-0.2, 0) is 0 Å². The van der Waals surface area contributed by atoms with Gasteiger partial charge >= 0.3 is 6.18 Å². The van der Waals surface area contributed by atoms with Gasteiger partial charge in [0.1, 0.15) is 5.75 Å². The van der Waals surface area contributed by atoms with E-state index >= 15 is 0 Å². The summed E-state index contributed by atoms with van der Waals surface area (Å²) in [6, 6.07) is 12.7. The van der Waals surface area contributed by atoms with Gasteiger partial charge in [0.15, 0.2) is 0 Å². The summed E-state index contributed by atoms with van der Waals surface area (Å²) >= 11 is 0. The molecule has 130 valence electrons. The first kappa shape index (κ1) is 17.0. The van der Waals surface area contributed by atoms with Crippen LogP contribution in [0.1, 0.15) is 22.3 Å². The predicted molar refractivity (Wildman–Crippen MR) is 82.9 cm³/mol. The first-order valence-corrected chi connectivity index (χ1v) is 7.28. The number of phenolic OH excluding ortho intramolecular Hbond substituents is 1. The maximum absolute atomic E-state index is 13.5. The summed E-state index contributed by atoms with van der Waals surface area (Å²) < 4.78 is 40.4. The van der Waals surface area contributed by atoms with Crippen molar-refractivity contribution < 1.29 is 28.2 Å². The second-order valence-corrected chi connectivity index (χ2v) is 5.57. The molecule has 25 heavy (non-hydrogen) atoms. The number of rotatable bonds is 2. The van der Waals surface area contributed by atoms with E-state index in [1.165, 1.54) is 0 Å². The SMILES string of the molecule is O=C(c1ccc(O)cc1)N1N=C(c2ccccc2)C[C@]1(O)C(F)(F)F. The number of amides is 1. The average Bonchev–Trinajstić information content (AvgIpc) is 2.95. The van der Waals surface area contributed by atoms with Gasteiger partial charge < -0.3 is 10.2 Å². The topological polar surface area (TPSA) is 73.1 Å². The van der Waals surface area contributed by atoms with Crippen LogP contribution < -0.4 is 0 Å². The zero-order valence-electron chi connectivity index (χ0n) is 12.7. The smallest absolute Gasteiger partial charge is 0.438 e. The van der Waals surface area contributed by atoms with Crippen LogP contribution in [0.3, 0.4) is 0 Å². The number of hydrazone groups is 1. The Balaban J connectivity index is 2.04. The van der Waals surface area contributed by atoms with Crippen LogP contribution in [0.2, 0.25) is 0 Å². The fraction of sp³-hybridized carbons (Fsp3) is 0.176. The molecule has 3 rings (SSSR count). The van der Waals surface area contributed by atoms with E-state index in [9.17, 15) is 28.2 Å². The molecule has 1 heterocycles. The Kier molecular flexibility index (Phi) is 4.00. The molecule has 0 spiro atoms. The van der Waals surface area contributed by atoms with E-state index in [0.717, 1.165) is 24.3 Å². The molecule has 1 amide bonds. The van der Waals surface area contributed by atoms with Crippen LogP contribution in [0.5, 0.6) is 5.75 Å². The lowest BCUT2D eigenvalue weighted by Gasteiger charge is -2.32. The molecule has 0 aromatic heterocycles. The van der Waals surface area contributed by atoms with Gasteiger partial charge in [0.25, 0.3) is 11.6 Å². The molecule has 0 saturated heterocycles. The Hall–Kier alpha value is -2.87. The molecular weight excluding hydrogens is 337 g/mol. The fourth-order valence-corrected chi connectivity index (χ4v) is 2.50. The van der Waals surface area contributed by atoms with E-state index in [2.05, 4.69) is 5.10 Å². The van der Waals surface area contributed by atoms with E-state index in [0.29, 0.717) is 5.56 Å².